The lowest BCUT2D eigenvalue weighted by Gasteiger charge is -2.30. The van der Waals surface area contributed by atoms with Gasteiger partial charge < -0.3 is 15.7 Å². The maximum absolute atomic E-state index is 11.4. The Morgan fingerprint density at radius 3 is 2.00 bits per heavy atom. The number of urea groups is 1. The van der Waals surface area contributed by atoms with E-state index in [-0.39, 0.29) is 0 Å². The Morgan fingerprint density at radius 2 is 1.61 bits per heavy atom. The fourth-order valence-corrected chi connectivity index (χ4v) is 1.72. The molecular weight excluding hydrogens is 234 g/mol. The fraction of sp³-hybridized carbons (Fsp3) is 0.833. The molecule has 0 heterocycles. The molecule has 0 bridgehead atoms. The summed E-state index contributed by atoms with van der Waals surface area (Å²) in [4.78, 5) is 24.2. The van der Waals surface area contributed by atoms with E-state index in [0.717, 1.165) is 6.54 Å². The lowest BCUT2D eigenvalue weighted by molar-refractivity contribution is -0.138. The topological polar surface area (TPSA) is 81.7 Å². The van der Waals surface area contributed by atoms with E-state index in [9.17, 15) is 9.59 Å². The molecule has 1 unspecified atom stereocenters. The van der Waals surface area contributed by atoms with Gasteiger partial charge in [-0.15, -0.1) is 0 Å². The number of aliphatic carboxylic acids is 1. The number of carbonyl (C=O) groups is 2. The van der Waals surface area contributed by atoms with Gasteiger partial charge in [0.15, 0.2) is 0 Å². The number of hydrogen-bond donors (Lipinski definition) is 3. The van der Waals surface area contributed by atoms with E-state index in [1.165, 1.54) is 6.92 Å². The first kappa shape index (κ1) is 16.7. The monoisotopic (exact) mass is 259 g/mol. The zero-order valence-electron chi connectivity index (χ0n) is 11.9. The normalized spacial score (nSPS) is 12.9. The molecule has 2 amide bonds. The van der Waals surface area contributed by atoms with Crippen molar-refractivity contribution in [1.29, 1.82) is 0 Å². The molecule has 1 atom stereocenters. The largest absolute Gasteiger partial charge is 0.480 e. The smallest absolute Gasteiger partial charge is 0.325 e. The Kier molecular flexibility index (Phi) is 7.35. The van der Waals surface area contributed by atoms with E-state index in [4.69, 9.17) is 5.11 Å². The van der Waals surface area contributed by atoms with Crippen molar-refractivity contribution in [2.75, 3.05) is 13.1 Å². The van der Waals surface area contributed by atoms with Crippen LogP contribution in [0.15, 0.2) is 0 Å². The minimum absolute atomic E-state index is 0.410. The Labute approximate surface area is 109 Å². The molecule has 6 heteroatoms. The standard InChI is InChI=1S/C12H25N3O3/c1-8(2)15(9(3)4)7-6-13-12(18)14-10(5)11(16)17/h8-10H,6-7H2,1-5H3,(H,16,17)(H2,13,14,18). The van der Waals surface area contributed by atoms with Gasteiger partial charge in [-0.05, 0) is 34.6 Å². The lowest BCUT2D eigenvalue weighted by atomic mass is 10.2. The summed E-state index contributed by atoms with van der Waals surface area (Å²) in [5.41, 5.74) is 0. The Bertz CT molecular complexity index is 272. The molecule has 0 aliphatic heterocycles. The number of carbonyl (C=O) groups excluding carboxylic acids is 1. The third-order valence-electron chi connectivity index (χ3n) is 2.70. The number of nitrogens with one attached hydrogen (secondary N) is 2. The fourth-order valence-electron chi connectivity index (χ4n) is 1.72. The van der Waals surface area contributed by atoms with Crippen LogP contribution in [0.1, 0.15) is 34.6 Å². The number of hydrogen-bond acceptors (Lipinski definition) is 3. The molecule has 6 nitrogen and oxygen atoms in total. The van der Waals surface area contributed by atoms with E-state index in [1.54, 1.807) is 0 Å². The van der Waals surface area contributed by atoms with Crippen molar-refractivity contribution in [1.82, 2.24) is 15.5 Å². The van der Waals surface area contributed by atoms with Gasteiger partial charge in [-0.3, -0.25) is 9.69 Å². The maximum atomic E-state index is 11.4. The molecule has 0 rings (SSSR count). The minimum atomic E-state index is -1.05. The SMILES string of the molecule is CC(NC(=O)NCCN(C(C)C)C(C)C)C(=O)O. The van der Waals surface area contributed by atoms with Gasteiger partial charge in [0.1, 0.15) is 6.04 Å². The van der Waals surface area contributed by atoms with Crippen LogP contribution in [-0.4, -0.2) is 53.2 Å². The number of rotatable bonds is 7. The van der Waals surface area contributed by atoms with Crippen molar-refractivity contribution < 1.29 is 14.7 Å². The quantitative estimate of drug-likeness (QED) is 0.634. The first-order chi connectivity index (χ1) is 8.25. The summed E-state index contributed by atoms with van der Waals surface area (Å²) in [5.74, 6) is -1.05. The zero-order chi connectivity index (χ0) is 14.3. The van der Waals surface area contributed by atoms with Crippen LogP contribution in [0.5, 0.6) is 0 Å². The summed E-state index contributed by atoms with van der Waals surface area (Å²) in [6.45, 7) is 11.1. The van der Waals surface area contributed by atoms with Crippen LogP contribution in [0.2, 0.25) is 0 Å². The van der Waals surface area contributed by atoms with Gasteiger partial charge >= 0.3 is 12.0 Å². The highest BCUT2D eigenvalue weighted by atomic mass is 16.4. The molecule has 0 aliphatic carbocycles. The highest BCUT2D eigenvalue weighted by Gasteiger charge is 2.15. The van der Waals surface area contributed by atoms with E-state index in [0.29, 0.717) is 18.6 Å². The molecule has 0 fully saturated rings. The third-order valence-corrected chi connectivity index (χ3v) is 2.70. The van der Waals surface area contributed by atoms with Crippen molar-refractivity contribution in [3.63, 3.8) is 0 Å². The summed E-state index contributed by atoms with van der Waals surface area (Å²) < 4.78 is 0. The summed E-state index contributed by atoms with van der Waals surface area (Å²) in [7, 11) is 0. The van der Waals surface area contributed by atoms with E-state index >= 15 is 0 Å². The summed E-state index contributed by atoms with van der Waals surface area (Å²) in [6, 6.07) is -0.505. The summed E-state index contributed by atoms with van der Waals surface area (Å²) in [6.07, 6.45) is 0. The molecule has 18 heavy (non-hydrogen) atoms. The van der Waals surface area contributed by atoms with Crippen molar-refractivity contribution >= 4 is 12.0 Å². The molecule has 0 aromatic rings. The molecule has 106 valence electrons. The van der Waals surface area contributed by atoms with Crippen molar-refractivity contribution in [3.8, 4) is 0 Å². The van der Waals surface area contributed by atoms with E-state index in [1.807, 2.05) is 0 Å². The number of carboxylic acid groups (broad SMARTS) is 1. The van der Waals surface area contributed by atoms with Gasteiger partial charge in [0, 0.05) is 25.2 Å². The molecule has 0 radical (unpaired) electrons. The van der Waals surface area contributed by atoms with Crippen LogP contribution in [0.3, 0.4) is 0 Å². The molecule has 3 N–H and O–H groups in total. The molecule has 0 saturated carbocycles. The Hall–Kier alpha value is -1.30. The van der Waals surface area contributed by atoms with Crippen molar-refractivity contribution in [2.24, 2.45) is 0 Å². The van der Waals surface area contributed by atoms with Gasteiger partial charge in [0.25, 0.3) is 0 Å². The second-order valence-corrected chi connectivity index (χ2v) is 4.89. The summed E-state index contributed by atoms with van der Waals surface area (Å²) in [5, 5.41) is 13.6. The van der Waals surface area contributed by atoms with Crippen LogP contribution in [0.4, 0.5) is 4.79 Å². The number of amides is 2. The van der Waals surface area contributed by atoms with Crippen LogP contribution in [0, 0.1) is 0 Å². The van der Waals surface area contributed by atoms with Gasteiger partial charge in [0.05, 0.1) is 0 Å². The average Bonchev–Trinajstić information content (AvgIpc) is 2.22. The van der Waals surface area contributed by atoms with Crippen LogP contribution < -0.4 is 10.6 Å². The first-order valence-corrected chi connectivity index (χ1v) is 6.28. The Morgan fingerprint density at radius 1 is 1.11 bits per heavy atom. The molecule has 0 aromatic carbocycles. The highest BCUT2D eigenvalue weighted by Crippen LogP contribution is 2.03. The van der Waals surface area contributed by atoms with Gasteiger partial charge in [-0.1, -0.05) is 0 Å². The predicted octanol–water partition coefficient (Wildman–Crippen LogP) is 0.878. The van der Waals surface area contributed by atoms with Crippen molar-refractivity contribution in [2.45, 2.75) is 52.7 Å². The highest BCUT2D eigenvalue weighted by molar-refractivity contribution is 5.82. The predicted molar refractivity (Wildman–Crippen MR) is 70.6 cm³/mol. The molecular formula is C12H25N3O3. The second kappa shape index (κ2) is 7.92. The van der Waals surface area contributed by atoms with E-state index in [2.05, 4.69) is 43.2 Å². The van der Waals surface area contributed by atoms with Gasteiger partial charge in [0.2, 0.25) is 0 Å². The number of carboxylic acids is 1. The lowest BCUT2D eigenvalue weighted by Crippen LogP contribution is -2.47. The third kappa shape index (κ3) is 6.44. The zero-order valence-corrected chi connectivity index (χ0v) is 11.9. The molecule has 0 aliphatic rings. The second-order valence-electron chi connectivity index (χ2n) is 4.89. The molecule has 0 saturated heterocycles. The van der Waals surface area contributed by atoms with Crippen LogP contribution in [0.25, 0.3) is 0 Å². The number of nitrogens with zero attached hydrogens (tertiary/aromatic N) is 1. The first-order valence-electron chi connectivity index (χ1n) is 6.28. The van der Waals surface area contributed by atoms with Gasteiger partial charge in [-0.25, -0.2) is 4.79 Å². The molecule has 0 spiro atoms. The van der Waals surface area contributed by atoms with Crippen molar-refractivity contribution in [3.05, 3.63) is 0 Å². The van der Waals surface area contributed by atoms with E-state index < -0.39 is 18.0 Å². The minimum Gasteiger partial charge on any atom is -0.480 e. The average molecular weight is 259 g/mol. The van der Waals surface area contributed by atoms with Gasteiger partial charge in [-0.2, -0.15) is 0 Å². The Balaban J connectivity index is 3.96. The van der Waals surface area contributed by atoms with Crippen LogP contribution in [-0.2, 0) is 4.79 Å². The maximum Gasteiger partial charge on any atom is 0.325 e. The summed E-state index contributed by atoms with van der Waals surface area (Å²) >= 11 is 0. The van der Waals surface area contributed by atoms with Crippen LogP contribution >= 0.6 is 0 Å². The molecule has 0 aromatic heterocycles.